The van der Waals surface area contributed by atoms with Gasteiger partial charge in [-0.2, -0.15) is 4.98 Å². The van der Waals surface area contributed by atoms with Gasteiger partial charge in [-0.3, -0.25) is 0 Å². The Bertz CT molecular complexity index is 571. The Balaban J connectivity index is 2.29. The van der Waals surface area contributed by atoms with Crippen LogP contribution in [0.25, 0.3) is 0 Å². The Labute approximate surface area is 119 Å². The van der Waals surface area contributed by atoms with Crippen molar-refractivity contribution in [2.24, 2.45) is 0 Å². The second-order valence-electron chi connectivity index (χ2n) is 4.82. The van der Waals surface area contributed by atoms with Gasteiger partial charge in [0.15, 0.2) is 0 Å². The van der Waals surface area contributed by atoms with Crippen LogP contribution in [0.5, 0.6) is 5.88 Å². The van der Waals surface area contributed by atoms with Crippen LogP contribution in [0.4, 0.5) is 11.6 Å². The first-order valence-electron chi connectivity index (χ1n) is 6.59. The number of benzene rings is 1. The molecule has 0 aliphatic rings. The number of ether oxygens (including phenoxy) is 1. The number of para-hydroxylation sites is 1. The third kappa shape index (κ3) is 3.17. The first kappa shape index (κ1) is 14.1. The molecule has 2 aromatic rings. The molecule has 0 spiro atoms. The van der Waals surface area contributed by atoms with Crippen LogP contribution in [0.15, 0.2) is 36.5 Å². The molecule has 0 saturated carbocycles. The van der Waals surface area contributed by atoms with E-state index in [1.54, 1.807) is 19.4 Å². The van der Waals surface area contributed by atoms with Gasteiger partial charge in [0.1, 0.15) is 0 Å². The zero-order valence-corrected chi connectivity index (χ0v) is 12.1. The predicted molar refractivity (Wildman–Crippen MR) is 80.8 cm³/mol. The molecule has 5 heteroatoms. The van der Waals surface area contributed by atoms with Crippen LogP contribution in [-0.4, -0.2) is 23.1 Å². The van der Waals surface area contributed by atoms with Crippen LogP contribution in [0.2, 0.25) is 0 Å². The molecule has 20 heavy (non-hydrogen) atoms. The van der Waals surface area contributed by atoms with Crippen LogP contribution >= 0.6 is 0 Å². The fourth-order valence-corrected chi connectivity index (χ4v) is 1.93. The maximum atomic E-state index is 6.01. The van der Waals surface area contributed by atoms with Crippen molar-refractivity contribution in [2.75, 3.05) is 17.7 Å². The summed E-state index contributed by atoms with van der Waals surface area (Å²) >= 11 is 0. The normalized spacial score (nSPS) is 10.6. The summed E-state index contributed by atoms with van der Waals surface area (Å²) in [5.74, 6) is 1.20. The lowest BCUT2D eigenvalue weighted by Crippen LogP contribution is -2.32. The van der Waals surface area contributed by atoms with Crippen molar-refractivity contribution in [2.45, 2.75) is 26.4 Å². The summed E-state index contributed by atoms with van der Waals surface area (Å²) in [5.41, 5.74) is 7.85. The molecule has 0 radical (unpaired) electrons. The van der Waals surface area contributed by atoms with E-state index in [1.807, 2.05) is 24.3 Å². The second kappa shape index (κ2) is 6.23. The van der Waals surface area contributed by atoms with Crippen LogP contribution < -0.4 is 15.4 Å². The van der Waals surface area contributed by atoms with Gasteiger partial charge in [0, 0.05) is 30.5 Å². The first-order chi connectivity index (χ1) is 9.61. The van der Waals surface area contributed by atoms with Crippen molar-refractivity contribution in [1.82, 2.24) is 9.97 Å². The third-order valence-corrected chi connectivity index (χ3v) is 3.10. The maximum absolute atomic E-state index is 6.01. The van der Waals surface area contributed by atoms with Crippen LogP contribution in [0, 0.1) is 0 Å². The minimum Gasteiger partial charge on any atom is -0.481 e. The molecule has 0 amide bonds. The first-order valence-corrected chi connectivity index (χ1v) is 6.59. The summed E-state index contributed by atoms with van der Waals surface area (Å²) in [7, 11) is 1.60. The van der Waals surface area contributed by atoms with Crippen molar-refractivity contribution in [3.8, 4) is 5.88 Å². The molecule has 0 unspecified atom stereocenters. The number of aromatic nitrogens is 2. The van der Waals surface area contributed by atoms with Gasteiger partial charge >= 0.3 is 0 Å². The predicted octanol–water partition coefficient (Wildman–Crippen LogP) is 2.48. The molecule has 0 bridgehead atoms. The topological polar surface area (TPSA) is 64.3 Å². The fourth-order valence-electron chi connectivity index (χ4n) is 1.93. The van der Waals surface area contributed by atoms with Gasteiger partial charge in [0.2, 0.25) is 11.8 Å². The Morgan fingerprint density at radius 1 is 1.25 bits per heavy atom. The van der Waals surface area contributed by atoms with Crippen LogP contribution in [0.3, 0.4) is 0 Å². The van der Waals surface area contributed by atoms with Gasteiger partial charge in [-0.05, 0) is 25.5 Å². The highest BCUT2D eigenvalue weighted by molar-refractivity contribution is 5.49. The standard InChI is InChI=1S/C15H20N4O/c1-11(2)19(10-12-6-4-5-7-13(12)16)15-17-9-8-14(18-15)20-3/h4-9,11H,10,16H2,1-3H3. The Kier molecular flexibility index (Phi) is 4.40. The lowest BCUT2D eigenvalue weighted by molar-refractivity contribution is 0.396. The minimum absolute atomic E-state index is 0.252. The summed E-state index contributed by atoms with van der Waals surface area (Å²) in [6.07, 6.45) is 1.70. The minimum atomic E-state index is 0.252. The smallest absolute Gasteiger partial charge is 0.229 e. The molecule has 1 aromatic heterocycles. The zero-order valence-electron chi connectivity index (χ0n) is 12.1. The number of hydrogen-bond donors (Lipinski definition) is 1. The Hall–Kier alpha value is -2.30. The maximum Gasteiger partial charge on any atom is 0.229 e. The molecule has 0 aliphatic heterocycles. The lowest BCUT2D eigenvalue weighted by Gasteiger charge is -2.27. The second-order valence-corrected chi connectivity index (χ2v) is 4.82. The fraction of sp³-hybridized carbons (Fsp3) is 0.333. The van der Waals surface area contributed by atoms with Gasteiger partial charge in [-0.25, -0.2) is 4.98 Å². The highest BCUT2D eigenvalue weighted by atomic mass is 16.5. The van der Waals surface area contributed by atoms with E-state index in [4.69, 9.17) is 10.5 Å². The zero-order chi connectivity index (χ0) is 14.5. The molecule has 0 atom stereocenters. The van der Waals surface area contributed by atoms with Gasteiger partial charge < -0.3 is 15.4 Å². The lowest BCUT2D eigenvalue weighted by atomic mass is 10.1. The van der Waals surface area contributed by atoms with Crippen LogP contribution in [0.1, 0.15) is 19.4 Å². The van der Waals surface area contributed by atoms with E-state index in [1.165, 1.54) is 0 Å². The van der Waals surface area contributed by atoms with Crippen molar-refractivity contribution in [3.05, 3.63) is 42.1 Å². The van der Waals surface area contributed by atoms with Gasteiger partial charge in [-0.15, -0.1) is 0 Å². The molecule has 2 rings (SSSR count). The number of nitrogens with two attached hydrogens (primary N) is 1. The molecule has 5 nitrogen and oxygen atoms in total. The number of hydrogen-bond acceptors (Lipinski definition) is 5. The number of anilines is 2. The molecule has 0 fully saturated rings. The summed E-state index contributed by atoms with van der Waals surface area (Å²) in [4.78, 5) is 10.8. The molecule has 106 valence electrons. The van der Waals surface area contributed by atoms with E-state index in [0.29, 0.717) is 18.4 Å². The van der Waals surface area contributed by atoms with Crippen molar-refractivity contribution in [3.63, 3.8) is 0 Å². The quantitative estimate of drug-likeness (QED) is 0.847. The number of rotatable bonds is 5. The number of methoxy groups -OCH3 is 1. The average molecular weight is 272 g/mol. The molecule has 1 aromatic carbocycles. The van der Waals surface area contributed by atoms with Gasteiger partial charge in [-0.1, -0.05) is 18.2 Å². The molecular weight excluding hydrogens is 252 g/mol. The SMILES string of the molecule is COc1ccnc(N(Cc2ccccc2N)C(C)C)n1. The molecule has 2 N–H and O–H groups in total. The van der Waals surface area contributed by atoms with Gasteiger partial charge in [0.25, 0.3) is 0 Å². The van der Waals surface area contributed by atoms with E-state index in [-0.39, 0.29) is 6.04 Å². The Morgan fingerprint density at radius 2 is 2.00 bits per heavy atom. The van der Waals surface area contributed by atoms with Gasteiger partial charge in [0.05, 0.1) is 7.11 Å². The summed E-state index contributed by atoms with van der Waals surface area (Å²) in [6.45, 7) is 4.86. The third-order valence-electron chi connectivity index (χ3n) is 3.10. The monoisotopic (exact) mass is 272 g/mol. The van der Waals surface area contributed by atoms with E-state index in [0.717, 1.165) is 11.3 Å². The van der Waals surface area contributed by atoms with Crippen molar-refractivity contribution in [1.29, 1.82) is 0 Å². The van der Waals surface area contributed by atoms with Crippen LogP contribution in [-0.2, 0) is 6.54 Å². The highest BCUT2D eigenvalue weighted by Gasteiger charge is 2.15. The van der Waals surface area contributed by atoms with E-state index in [9.17, 15) is 0 Å². The number of nitrogens with zero attached hydrogens (tertiary/aromatic N) is 3. The Morgan fingerprint density at radius 3 is 2.65 bits per heavy atom. The molecule has 1 heterocycles. The molecular formula is C15H20N4O. The summed E-state index contributed by atoms with van der Waals surface area (Å²) < 4.78 is 5.16. The van der Waals surface area contributed by atoms with E-state index in [2.05, 4.69) is 28.7 Å². The molecule has 0 saturated heterocycles. The molecule has 0 aliphatic carbocycles. The highest BCUT2D eigenvalue weighted by Crippen LogP contribution is 2.20. The summed E-state index contributed by atoms with van der Waals surface area (Å²) in [6, 6.07) is 9.82. The largest absolute Gasteiger partial charge is 0.481 e. The number of nitrogen functional groups attached to an aromatic ring is 1. The summed E-state index contributed by atoms with van der Waals surface area (Å²) in [5, 5.41) is 0. The van der Waals surface area contributed by atoms with E-state index < -0.39 is 0 Å². The van der Waals surface area contributed by atoms with Crippen molar-refractivity contribution >= 4 is 11.6 Å². The van der Waals surface area contributed by atoms with E-state index >= 15 is 0 Å². The van der Waals surface area contributed by atoms with Crippen molar-refractivity contribution < 1.29 is 4.74 Å². The average Bonchev–Trinajstić information content (AvgIpc) is 2.46.